The number of rotatable bonds is 2. The fraction of sp³-hybridized carbons (Fsp3) is 0.118. The topological polar surface area (TPSA) is 33.1 Å². The van der Waals surface area contributed by atoms with Crippen LogP contribution in [0.1, 0.15) is 22.8 Å². The highest BCUT2D eigenvalue weighted by Crippen LogP contribution is 2.30. The van der Waals surface area contributed by atoms with E-state index < -0.39 is 17.7 Å². The van der Waals surface area contributed by atoms with Crippen LogP contribution in [0.3, 0.4) is 0 Å². The number of hydrogen-bond acceptors (Lipinski definition) is 2. The van der Waals surface area contributed by atoms with Gasteiger partial charge in [-0.15, -0.1) is 0 Å². The van der Waals surface area contributed by atoms with E-state index >= 15 is 0 Å². The number of nitrogens with zero attached hydrogens (tertiary/aromatic N) is 1. The van der Waals surface area contributed by atoms with E-state index in [0.717, 1.165) is 16.8 Å². The number of aliphatic hydroxyl groups is 1. The Morgan fingerprint density at radius 3 is 2.57 bits per heavy atom. The van der Waals surface area contributed by atoms with E-state index in [-0.39, 0.29) is 5.56 Å². The Morgan fingerprint density at radius 2 is 1.76 bits per heavy atom. The summed E-state index contributed by atoms with van der Waals surface area (Å²) in [4.78, 5) is 4.07. The molecule has 4 heteroatoms. The zero-order chi connectivity index (χ0) is 15.0. The van der Waals surface area contributed by atoms with Crippen LogP contribution in [0, 0.1) is 18.6 Å². The summed E-state index contributed by atoms with van der Waals surface area (Å²) in [5.41, 5.74) is 0.837. The molecule has 0 amide bonds. The molecule has 3 aromatic rings. The van der Waals surface area contributed by atoms with Crippen molar-refractivity contribution in [3.63, 3.8) is 0 Å². The smallest absolute Gasteiger partial charge is 0.132 e. The van der Waals surface area contributed by atoms with Gasteiger partial charge in [-0.2, -0.15) is 0 Å². The number of pyridine rings is 1. The third kappa shape index (κ3) is 2.38. The van der Waals surface area contributed by atoms with E-state index in [1.165, 1.54) is 19.2 Å². The minimum absolute atomic E-state index is 0.0482. The summed E-state index contributed by atoms with van der Waals surface area (Å²) in [7, 11) is 0. The minimum Gasteiger partial charge on any atom is -0.383 e. The Morgan fingerprint density at radius 1 is 1.00 bits per heavy atom. The molecule has 0 spiro atoms. The zero-order valence-electron chi connectivity index (χ0n) is 11.3. The standard InChI is InChI=1S/C17H13F2NO/c1-10-6-13(16(19)7-15(10)18)17(21)14-9-20-8-11-4-2-3-5-12(11)14/h2-9,17,21H,1H3. The predicted molar refractivity (Wildman–Crippen MR) is 76.9 cm³/mol. The molecule has 0 fully saturated rings. The second-order valence-electron chi connectivity index (χ2n) is 4.98. The first kappa shape index (κ1) is 13.6. The van der Waals surface area contributed by atoms with Gasteiger partial charge >= 0.3 is 0 Å². The summed E-state index contributed by atoms with van der Waals surface area (Å²) in [6.07, 6.45) is 1.99. The number of fused-ring (bicyclic) bond motifs is 1. The first-order valence-electron chi connectivity index (χ1n) is 6.54. The maximum absolute atomic E-state index is 13.9. The lowest BCUT2D eigenvalue weighted by atomic mass is 9.96. The van der Waals surface area contributed by atoms with Crippen molar-refractivity contribution in [1.29, 1.82) is 0 Å². The molecule has 0 saturated carbocycles. The molecule has 2 aromatic carbocycles. The molecule has 0 aliphatic heterocycles. The van der Waals surface area contributed by atoms with Crippen LogP contribution in [0.2, 0.25) is 0 Å². The average molecular weight is 285 g/mol. The fourth-order valence-electron chi connectivity index (χ4n) is 2.41. The quantitative estimate of drug-likeness (QED) is 0.774. The summed E-state index contributed by atoms with van der Waals surface area (Å²) in [6.45, 7) is 1.53. The second kappa shape index (κ2) is 5.22. The SMILES string of the molecule is Cc1cc(C(O)c2cncc3ccccc23)c(F)cc1F. The maximum Gasteiger partial charge on any atom is 0.132 e. The van der Waals surface area contributed by atoms with Crippen LogP contribution in [-0.4, -0.2) is 10.1 Å². The van der Waals surface area contributed by atoms with Crippen LogP contribution >= 0.6 is 0 Å². The van der Waals surface area contributed by atoms with Gasteiger partial charge in [-0.05, 0) is 23.9 Å². The molecule has 1 atom stereocenters. The predicted octanol–water partition coefficient (Wildman–Crippen LogP) is 3.90. The van der Waals surface area contributed by atoms with Crippen LogP contribution in [-0.2, 0) is 0 Å². The molecule has 0 saturated heterocycles. The van der Waals surface area contributed by atoms with E-state index in [9.17, 15) is 13.9 Å². The zero-order valence-corrected chi connectivity index (χ0v) is 11.3. The van der Waals surface area contributed by atoms with Gasteiger partial charge in [0, 0.05) is 35.0 Å². The highest BCUT2D eigenvalue weighted by molar-refractivity contribution is 5.85. The molecule has 0 bridgehead atoms. The van der Waals surface area contributed by atoms with Gasteiger partial charge in [-0.1, -0.05) is 24.3 Å². The highest BCUT2D eigenvalue weighted by atomic mass is 19.1. The number of benzene rings is 2. The molecule has 3 rings (SSSR count). The van der Waals surface area contributed by atoms with E-state index in [2.05, 4.69) is 4.98 Å². The molecule has 106 valence electrons. The van der Waals surface area contributed by atoms with E-state index in [0.29, 0.717) is 11.1 Å². The molecule has 0 radical (unpaired) electrons. The number of aryl methyl sites for hydroxylation is 1. The number of halogens is 2. The van der Waals surface area contributed by atoms with Crippen molar-refractivity contribution in [2.75, 3.05) is 0 Å². The van der Waals surface area contributed by atoms with Crippen molar-refractivity contribution in [2.24, 2.45) is 0 Å². The van der Waals surface area contributed by atoms with Crippen molar-refractivity contribution < 1.29 is 13.9 Å². The molecule has 2 nitrogen and oxygen atoms in total. The van der Waals surface area contributed by atoms with Crippen LogP contribution in [0.15, 0.2) is 48.8 Å². The van der Waals surface area contributed by atoms with Crippen molar-refractivity contribution >= 4 is 10.8 Å². The molecule has 1 aromatic heterocycles. The molecule has 0 aliphatic rings. The van der Waals surface area contributed by atoms with Crippen molar-refractivity contribution in [3.05, 3.63) is 77.1 Å². The molecular formula is C17H13F2NO. The van der Waals surface area contributed by atoms with Crippen molar-refractivity contribution in [3.8, 4) is 0 Å². The number of aromatic nitrogens is 1. The van der Waals surface area contributed by atoms with Gasteiger partial charge in [0.1, 0.15) is 17.7 Å². The Bertz CT molecular complexity index is 812. The largest absolute Gasteiger partial charge is 0.383 e. The average Bonchev–Trinajstić information content (AvgIpc) is 2.49. The lowest BCUT2D eigenvalue weighted by Crippen LogP contribution is -2.05. The number of aliphatic hydroxyl groups excluding tert-OH is 1. The molecular weight excluding hydrogens is 272 g/mol. The monoisotopic (exact) mass is 285 g/mol. The summed E-state index contributed by atoms with van der Waals surface area (Å²) < 4.78 is 27.3. The van der Waals surface area contributed by atoms with Gasteiger partial charge in [0.05, 0.1) is 0 Å². The van der Waals surface area contributed by atoms with Gasteiger partial charge in [-0.3, -0.25) is 4.98 Å². The maximum atomic E-state index is 13.9. The van der Waals surface area contributed by atoms with E-state index in [4.69, 9.17) is 0 Å². The molecule has 1 unspecified atom stereocenters. The first-order valence-corrected chi connectivity index (χ1v) is 6.54. The van der Waals surface area contributed by atoms with E-state index in [1.807, 2.05) is 24.3 Å². The molecule has 1 heterocycles. The van der Waals surface area contributed by atoms with Gasteiger partial charge in [0.2, 0.25) is 0 Å². The lowest BCUT2D eigenvalue weighted by Gasteiger charge is -2.15. The van der Waals surface area contributed by atoms with Crippen LogP contribution in [0.5, 0.6) is 0 Å². The summed E-state index contributed by atoms with van der Waals surface area (Å²) in [6, 6.07) is 9.53. The van der Waals surface area contributed by atoms with E-state index in [1.54, 1.807) is 6.20 Å². The van der Waals surface area contributed by atoms with Crippen LogP contribution < -0.4 is 0 Å². The Balaban J connectivity index is 2.17. The lowest BCUT2D eigenvalue weighted by molar-refractivity contribution is 0.215. The van der Waals surface area contributed by atoms with Gasteiger partial charge in [0.15, 0.2) is 0 Å². The summed E-state index contributed by atoms with van der Waals surface area (Å²) >= 11 is 0. The fourth-order valence-corrected chi connectivity index (χ4v) is 2.41. The Labute approximate surface area is 120 Å². The first-order chi connectivity index (χ1) is 10.1. The van der Waals surface area contributed by atoms with Crippen molar-refractivity contribution in [1.82, 2.24) is 4.98 Å². The summed E-state index contributed by atoms with van der Waals surface area (Å²) in [5.74, 6) is -1.39. The number of hydrogen-bond donors (Lipinski definition) is 1. The molecule has 21 heavy (non-hydrogen) atoms. The third-order valence-electron chi connectivity index (χ3n) is 3.57. The minimum atomic E-state index is -1.19. The Kier molecular flexibility index (Phi) is 3.39. The highest BCUT2D eigenvalue weighted by Gasteiger charge is 2.19. The Hall–Kier alpha value is -2.33. The third-order valence-corrected chi connectivity index (χ3v) is 3.57. The van der Waals surface area contributed by atoms with Gasteiger partial charge < -0.3 is 5.11 Å². The molecule has 0 aliphatic carbocycles. The molecule has 1 N–H and O–H groups in total. The van der Waals surface area contributed by atoms with Crippen LogP contribution in [0.25, 0.3) is 10.8 Å². The normalized spacial score (nSPS) is 12.6. The van der Waals surface area contributed by atoms with Gasteiger partial charge in [0.25, 0.3) is 0 Å². The van der Waals surface area contributed by atoms with Gasteiger partial charge in [-0.25, -0.2) is 8.78 Å². The van der Waals surface area contributed by atoms with Crippen LogP contribution in [0.4, 0.5) is 8.78 Å². The van der Waals surface area contributed by atoms with Crippen molar-refractivity contribution in [2.45, 2.75) is 13.0 Å². The second-order valence-corrected chi connectivity index (χ2v) is 4.98. The summed E-state index contributed by atoms with van der Waals surface area (Å²) in [5, 5.41) is 12.1.